The molecule has 3 N–H and O–H groups in total. The van der Waals surface area contributed by atoms with Crippen molar-refractivity contribution in [2.75, 3.05) is 0 Å². The fourth-order valence-corrected chi connectivity index (χ4v) is 9.51. The topological polar surface area (TPSA) is 60.7 Å². The highest BCUT2D eigenvalue weighted by Gasteiger charge is 2.62. The molecule has 0 aliphatic heterocycles. The molecule has 0 heterocycles. The molecule has 12 atom stereocenters. The summed E-state index contributed by atoms with van der Waals surface area (Å²) in [4.78, 5) is 0. The Hall–Kier alpha value is -0.120. The van der Waals surface area contributed by atoms with Gasteiger partial charge in [0.1, 0.15) is 0 Å². The van der Waals surface area contributed by atoms with Crippen LogP contribution < -0.4 is 0 Å². The minimum atomic E-state index is -0.646. The molecule has 4 unspecified atom stereocenters. The van der Waals surface area contributed by atoms with Gasteiger partial charge < -0.3 is 15.3 Å². The van der Waals surface area contributed by atoms with E-state index in [4.69, 9.17) is 0 Å². The highest BCUT2D eigenvalue weighted by Crippen LogP contribution is 2.68. The van der Waals surface area contributed by atoms with Crippen LogP contribution in [0.5, 0.6) is 0 Å². The van der Waals surface area contributed by atoms with Gasteiger partial charge in [0.15, 0.2) is 0 Å². The molecule has 4 rings (SSSR count). The summed E-state index contributed by atoms with van der Waals surface area (Å²) < 4.78 is 0. The molecule has 3 nitrogen and oxygen atoms in total. The fourth-order valence-electron chi connectivity index (χ4n) is 9.51. The molecule has 0 aromatic rings. The van der Waals surface area contributed by atoms with Crippen molar-refractivity contribution in [3.63, 3.8) is 0 Å². The van der Waals surface area contributed by atoms with Gasteiger partial charge in [-0.1, -0.05) is 54.4 Å². The first-order valence-electron chi connectivity index (χ1n) is 13.6. The molecule has 0 amide bonds. The van der Waals surface area contributed by atoms with Crippen molar-refractivity contribution in [3.05, 3.63) is 0 Å². The summed E-state index contributed by atoms with van der Waals surface area (Å²) in [6.07, 6.45) is 9.71. The molecular formula is C28H50O3. The number of fused-ring (bicyclic) bond motifs is 5. The quantitative estimate of drug-likeness (QED) is 0.523. The van der Waals surface area contributed by atoms with E-state index < -0.39 is 12.2 Å². The number of aliphatic hydroxyl groups excluding tert-OH is 3. The SMILES string of the molecule is CC(C)[C@H](C)[C@@H](O)[C@H](O)[C@H](C)C1CCC2C3C[C@H](O)[C@H]4CCCC[C@]4(C)C3CC[C@@]21C. The highest BCUT2D eigenvalue weighted by atomic mass is 16.3. The lowest BCUT2D eigenvalue weighted by Crippen LogP contribution is -2.57. The predicted octanol–water partition coefficient (Wildman–Crippen LogP) is 5.66. The van der Waals surface area contributed by atoms with Gasteiger partial charge in [0.2, 0.25) is 0 Å². The second-order valence-electron chi connectivity index (χ2n) is 13.2. The van der Waals surface area contributed by atoms with Gasteiger partial charge in [-0.3, -0.25) is 0 Å². The summed E-state index contributed by atoms with van der Waals surface area (Å²) in [6.45, 7) is 13.5. The van der Waals surface area contributed by atoms with Gasteiger partial charge in [0.25, 0.3) is 0 Å². The Morgan fingerprint density at radius 2 is 1.42 bits per heavy atom. The third-order valence-corrected chi connectivity index (χ3v) is 11.8. The molecule has 0 radical (unpaired) electrons. The second kappa shape index (κ2) is 8.58. The predicted molar refractivity (Wildman–Crippen MR) is 126 cm³/mol. The van der Waals surface area contributed by atoms with E-state index in [1.165, 1.54) is 51.4 Å². The van der Waals surface area contributed by atoms with Crippen molar-refractivity contribution >= 4 is 0 Å². The van der Waals surface area contributed by atoms with Crippen LogP contribution >= 0.6 is 0 Å². The normalized spacial score (nSPS) is 49.0. The zero-order valence-corrected chi connectivity index (χ0v) is 21.1. The summed E-state index contributed by atoms with van der Waals surface area (Å²) in [6, 6.07) is 0. The van der Waals surface area contributed by atoms with E-state index in [0.717, 1.165) is 12.3 Å². The smallest absolute Gasteiger partial charge is 0.0830 e. The van der Waals surface area contributed by atoms with Gasteiger partial charge in [-0.2, -0.15) is 0 Å². The highest BCUT2D eigenvalue weighted by molar-refractivity contribution is 5.11. The van der Waals surface area contributed by atoms with Crippen molar-refractivity contribution in [2.45, 2.75) is 118 Å². The van der Waals surface area contributed by atoms with Crippen LogP contribution in [-0.4, -0.2) is 33.6 Å². The van der Waals surface area contributed by atoms with E-state index in [0.29, 0.717) is 35.0 Å². The Bertz CT molecular complexity index is 634. The first kappa shape index (κ1) is 24.0. The van der Waals surface area contributed by atoms with E-state index in [1.54, 1.807) is 0 Å². The molecule has 0 spiro atoms. The number of hydrogen-bond donors (Lipinski definition) is 3. The summed E-state index contributed by atoms with van der Waals surface area (Å²) >= 11 is 0. The lowest BCUT2D eigenvalue weighted by molar-refractivity contribution is -0.163. The van der Waals surface area contributed by atoms with Crippen LogP contribution in [0, 0.1) is 58.2 Å². The molecular weight excluding hydrogens is 384 g/mol. The van der Waals surface area contributed by atoms with Gasteiger partial charge in [-0.15, -0.1) is 0 Å². The Labute approximate surface area is 191 Å². The maximum atomic E-state index is 11.2. The monoisotopic (exact) mass is 434 g/mol. The molecule has 4 fully saturated rings. The first-order valence-corrected chi connectivity index (χ1v) is 13.6. The molecule has 180 valence electrons. The van der Waals surface area contributed by atoms with Crippen LogP contribution in [0.25, 0.3) is 0 Å². The summed E-state index contributed by atoms with van der Waals surface area (Å²) in [5.74, 6) is 3.65. The number of hydrogen-bond acceptors (Lipinski definition) is 3. The average molecular weight is 435 g/mol. The molecule has 0 bridgehead atoms. The molecule has 4 saturated carbocycles. The fraction of sp³-hybridized carbons (Fsp3) is 1.00. The van der Waals surface area contributed by atoms with Gasteiger partial charge in [-0.25, -0.2) is 0 Å². The molecule has 0 aromatic heterocycles. The zero-order chi connectivity index (χ0) is 22.7. The van der Waals surface area contributed by atoms with Gasteiger partial charge >= 0.3 is 0 Å². The van der Waals surface area contributed by atoms with Crippen molar-refractivity contribution in [1.82, 2.24) is 0 Å². The number of aliphatic hydroxyl groups is 3. The maximum Gasteiger partial charge on any atom is 0.0830 e. The molecule has 4 aliphatic rings. The molecule has 4 aliphatic carbocycles. The standard InChI is InChI=1S/C28H50O3/c1-16(2)17(3)25(30)26(31)18(4)20-10-11-21-19-15-24(29)23-9-7-8-13-27(23,5)22(19)12-14-28(20,21)6/h16-26,29-31H,7-15H2,1-6H3/t17-,18+,19?,20?,21?,22?,23+,24-,25+,26+,27+,28+/m0/s1. The van der Waals surface area contributed by atoms with Crippen molar-refractivity contribution < 1.29 is 15.3 Å². The van der Waals surface area contributed by atoms with Crippen LogP contribution in [0.2, 0.25) is 0 Å². The van der Waals surface area contributed by atoms with E-state index in [2.05, 4.69) is 41.5 Å². The van der Waals surface area contributed by atoms with E-state index in [-0.39, 0.29) is 23.4 Å². The van der Waals surface area contributed by atoms with Gasteiger partial charge in [0.05, 0.1) is 18.3 Å². The summed E-state index contributed by atoms with van der Waals surface area (Å²) in [5, 5.41) is 33.2. The molecule has 31 heavy (non-hydrogen) atoms. The van der Waals surface area contributed by atoms with Crippen LogP contribution in [0.15, 0.2) is 0 Å². The number of rotatable bonds is 5. The maximum absolute atomic E-state index is 11.2. The van der Waals surface area contributed by atoms with Crippen molar-refractivity contribution in [2.24, 2.45) is 58.2 Å². The largest absolute Gasteiger partial charge is 0.393 e. The van der Waals surface area contributed by atoms with E-state index >= 15 is 0 Å². The van der Waals surface area contributed by atoms with Crippen molar-refractivity contribution in [1.29, 1.82) is 0 Å². The summed E-state index contributed by atoms with van der Waals surface area (Å²) in [5.41, 5.74) is 0.563. The minimum absolute atomic E-state index is 0.106. The van der Waals surface area contributed by atoms with E-state index in [1.807, 2.05) is 0 Å². The first-order chi connectivity index (χ1) is 14.5. The van der Waals surface area contributed by atoms with Crippen LogP contribution in [0.4, 0.5) is 0 Å². The molecule has 3 heteroatoms. The lowest BCUT2D eigenvalue weighted by Gasteiger charge is -2.62. The van der Waals surface area contributed by atoms with E-state index in [9.17, 15) is 15.3 Å². The minimum Gasteiger partial charge on any atom is -0.393 e. The van der Waals surface area contributed by atoms with Gasteiger partial charge in [-0.05, 0) is 103 Å². The van der Waals surface area contributed by atoms with Crippen molar-refractivity contribution in [3.8, 4) is 0 Å². The van der Waals surface area contributed by atoms with Crippen LogP contribution in [0.3, 0.4) is 0 Å². The average Bonchev–Trinajstić information content (AvgIpc) is 3.08. The Morgan fingerprint density at radius 1 is 0.742 bits per heavy atom. The van der Waals surface area contributed by atoms with Gasteiger partial charge in [0, 0.05) is 0 Å². The third kappa shape index (κ3) is 3.73. The molecule has 0 aromatic carbocycles. The van der Waals surface area contributed by atoms with Crippen LogP contribution in [-0.2, 0) is 0 Å². The summed E-state index contributed by atoms with van der Waals surface area (Å²) in [7, 11) is 0. The zero-order valence-electron chi connectivity index (χ0n) is 21.1. The Kier molecular flexibility index (Phi) is 6.65. The van der Waals surface area contributed by atoms with Crippen LogP contribution in [0.1, 0.15) is 99.3 Å². The lowest BCUT2D eigenvalue weighted by atomic mass is 9.44. The Morgan fingerprint density at radius 3 is 2.10 bits per heavy atom. The molecule has 0 saturated heterocycles. The Balaban J connectivity index is 1.54. The third-order valence-electron chi connectivity index (χ3n) is 11.8. The second-order valence-corrected chi connectivity index (χ2v) is 13.2.